The lowest BCUT2D eigenvalue weighted by atomic mass is 9.95. The summed E-state index contributed by atoms with van der Waals surface area (Å²) in [5, 5.41) is 3.95. The minimum atomic E-state index is 0.262. The van der Waals surface area contributed by atoms with Crippen LogP contribution in [-0.4, -0.2) is 24.0 Å². The molecule has 0 spiro atoms. The van der Waals surface area contributed by atoms with Crippen LogP contribution in [-0.2, 0) is 6.54 Å². The van der Waals surface area contributed by atoms with E-state index in [-0.39, 0.29) is 6.04 Å². The Morgan fingerprint density at radius 3 is 1.70 bits per heavy atom. The van der Waals surface area contributed by atoms with Crippen LogP contribution in [0.25, 0.3) is 0 Å². The Hall–Kier alpha value is -2.42. The van der Waals surface area contributed by atoms with Crippen molar-refractivity contribution < 1.29 is 0 Å². The minimum absolute atomic E-state index is 0.262. The fourth-order valence-corrected chi connectivity index (χ4v) is 4.01. The van der Waals surface area contributed by atoms with Gasteiger partial charge in [0.15, 0.2) is 0 Å². The Morgan fingerprint density at radius 1 is 0.704 bits per heavy atom. The first kappa shape index (κ1) is 18.0. The molecule has 0 saturated carbocycles. The number of hydrogen-bond donors (Lipinski definition) is 1. The molecule has 0 aliphatic carbocycles. The van der Waals surface area contributed by atoms with Crippen molar-refractivity contribution in [3.05, 3.63) is 108 Å². The highest BCUT2D eigenvalue weighted by atomic mass is 15.1. The lowest BCUT2D eigenvalue weighted by Gasteiger charge is -2.35. The molecule has 1 saturated heterocycles. The first-order chi connectivity index (χ1) is 13.4. The summed E-state index contributed by atoms with van der Waals surface area (Å²) >= 11 is 0. The number of rotatable bonds is 6. The average molecular weight is 357 g/mol. The molecule has 4 rings (SSSR count). The van der Waals surface area contributed by atoms with Gasteiger partial charge in [0.05, 0.1) is 6.04 Å². The van der Waals surface area contributed by atoms with Crippen LogP contribution in [0.1, 0.15) is 35.6 Å². The summed E-state index contributed by atoms with van der Waals surface area (Å²) in [5.74, 6) is 0. The summed E-state index contributed by atoms with van der Waals surface area (Å²) in [5.41, 5.74) is 4.10. The molecular weight excluding hydrogens is 328 g/mol. The predicted octanol–water partition coefficient (Wildman–Crippen LogP) is 5.03. The maximum atomic E-state index is 3.95. The van der Waals surface area contributed by atoms with Crippen molar-refractivity contribution in [2.75, 3.05) is 13.1 Å². The molecule has 1 aliphatic heterocycles. The zero-order chi connectivity index (χ0) is 18.3. The van der Waals surface area contributed by atoms with Crippen molar-refractivity contribution in [1.29, 1.82) is 0 Å². The molecule has 27 heavy (non-hydrogen) atoms. The largest absolute Gasteiger partial charge is 0.303 e. The normalized spacial score (nSPS) is 15.9. The first-order valence-electron chi connectivity index (χ1n) is 10.0. The highest BCUT2D eigenvalue weighted by Gasteiger charge is 2.23. The van der Waals surface area contributed by atoms with E-state index in [1.54, 1.807) is 0 Å². The number of piperidine rings is 1. The van der Waals surface area contributed by atoms with Gasteiger partial charge in [0.2, 0.25) is 0 Å². The summed E-state index contributed by atoms with van der Waals surface area (Å²) in [6.45, 7) is 3.38. The number of nitrogens with zero attached hydrogens (tertiary/aromatic N) is 1. The van der Waals surface area contributed by atoms with Crippen molar-refractivity contribution in [1.82, 2.24) is 10.2 Å². The van der Waals surface area contributed by atoms with E-state index in [0.717, 1.165) is 19.6 Å². The molecule has 0 aromatic heterocycles. The van der Waals surface area contributed by atoms with Crippen LogP contribution >= 0.6 is 0 Å². The Kier molecular flexibility index (Phi) is 5.98. The lowest BCUT2D eigenvalue weighted by Crippen LogP contribution is -2.43. The smallest absolute Gasteiger partial charge is 0.0578 e. The fourth-order valence-electron chi connectivity index (χ4n) is 4.01. The van der Waals surface area contributed by atoms with Crippen LogP contribution < -0.4 is 5.32 Å². The van der Waals surface area contributed by atoms with Gasteiger partial charge in [-0.15, -0.1) is 0 Å². The van der Waals surface area contributed by atoms with E-state index in [2.05, 4.69) is 101 Å². The van der Waals surface area contributed by atoms with Gasteiger partial charge in [0.1, 0.15) is 0 Å². The third kappa shape index (κ3) is 4.85. The van der Waals surface area contributed by atoms with Crippen molar-refractivity contribution in [3.63, 3.8) is 0 Å². The maximum Gasteiger partial charge on any atom is 0.0578 e. The molecule has 3 aromatic carbocycles. The van der Waals surface area contributed by atoms with Crippen LogP contribution in [0.4, 0.5) is 0 Å². The fraction of sp³-hybridized carbons (Fsp3) is 0.280. The van der Waals surface area contributed by atoms with Gasteiger partial charge in [-0.3, -0.25) is 4.90 Å². The Labute approximate surface area is 162 Å². The van der Waals surface area contributed by atoms with Crippen LogP contribution in [0.2, 0.25) is 0 Å². The first-order valence-corrected chi connectivity index (χ1v) is 10.0. The molecule has 0 radical (unpaired) electrons. The number of nitrogens with one attached hydrogen (secondary N) is 1. The summed E-state index contributed by atoms with van der Waals surface area (Å²) in [6.07, 6.45) is 2.39. The molecule has 2 heteroatoms. The van der Waals surface area contributed by atoms with Gasteiger partial charge in [-0.05, 0) is 42.6 Å². The number of benzene rings is 3. The molecular formula is C25H28N2. The second-order valence-corrected chi connectivity index (χ2v) is 7.46. The van der Waals surface area contributed by atoms with Gasteiger partial charge in [-0.2, -0.15) is 0 Å². The molecule has 0 bridgehead atoms. The van der Waals surface area contributed by atoms with Crippen molar-refractivity contribution in [3.8, 4) is 0 Å². The van der Waals surface area contributed by atoms with E-state index in [4.69, 9.17) is 0 Å². The quantitative estimate of drug-likeness (QED) is 0.666. The van der Waals surface area contributed by atoms with Crippen LogP contribution in [0.3, 0.4) is 0 Å². The van der Waals surface area contributed by atoms with Gasteiger partial charge in [-0.25, -0.2) is 0 Å². The van der Waals surface area contributed by atoms with Crippen molar-refractivity contribution in [2.45, 2.75) is 31.5 Å². The molecule has 0 unspecified atom stereocenters. The molecule has 0 atom stereocenters. The summed E-state index contributed by atoms with van der Waals surface area (Å²) < 4.78 is 0. The van der Waals surface area contributed by atoms with Gasteiger partial charge >= 0.3 is 0 Å². The molecule has 2 nitrogen and oxygen atoms in total. The molecule has 3 aromatic rings. The maximum absolute atomic E-state index is 3.95. The van der Waals surface area contributed by atoms with Crippen LogP contribution in [0.5, 0.6) is 0 Å². The molecule has 1 N–H and O–H groups in total. The number of hydrogen-bond acceptors (Lipinski definition) is 2. The molecule has 0 amide bonds. The standard InChI is InChI=1S/C25H28N2/c1-4-10-21(11-5-1)20-27-18-16-24(17-19-27)26-25(22-12-6-2-7-13-22)23-14-8-3-9-15-23/h1-15,24-26H,16-20H2. The SMILES string of the molecule is c1ccc(CN2CCC(NC(c3ccccc3)c3ccccc3)CC2)cc1. The summed E-state index contributed by atoms with van der Waals surface area (Å²) in [4.78, 5) is 2.58. The summed E-state index contributed by atoms with van der Waals surface area (Å²) in [6, 6.07) is 33.3. The third-order valence-corrected chi connectivity index (χ3v) is 5.50. The highest BCUT2D eigenvalue weighted by Crippen LogP contribution is 2.25. The topological polar surface area (TPSA) is 15.3 Å². The van der Waals surface area contributed by atoms with E-state index < -0.39 is 0 Å². The summed E-state index contributed by atoms with van der Waals surface area (Å²) in [7, 11) is 0. The Morgan fingerprint density at radius 2 is 1.19 bits per heavy atom. The van der Waals surface area contributed by atoms with E-state index in [1.165, 1.54) is 29.5 Å². The predicted molar refractivity (Wildman–Crippen MR) is 113 cm³/mol. The average Bonchev–Trinajstić information content (AvgIpc) is 2.75. The van der Waals surface area contributed by atoms with Crippen molar-refractivity contribution in [2.24, 2.45) is 0 Å². The van der Waals surface area contributed by atoms with Gasteiger partial charge in [0.25, 0.3) is 0 Å². The van der Waals surface area contributed by atoms with E-state index in [1.807, 2.05) is 0 Å². The van der Waals surface area contributed by atoms with Crippen molar-refractivity contribution >= 4 is 0 Å². The minimum Gasteiger partial charge on any atom is -0.303 e. The van der Waals surface area contributed by atoms with Gasteiger partial charge in [-0.1, -0.05) is 91.0 Å². The Bertz CT molecular complexity index is 754. The zero-order valence-electron chi connectivity index (χ0n) is 15.8. The third-order valence-electron chi connectivity index (χ3n) is 5.50. The molecule has 1 heterocycles. The van der Waals surface area contributed by atoms with Crippen LogP contribution in [0, 0.1) is 0 Å². The van der Waals surface area contributed by atoms with E-state index in [9.17, 15) is 0 Å². The highest BCUT2D eigenvalue weighted by molar-refractivity contribution is 5.31. The second kappa shape index (κ2) is 8.98. The van der Waals surface area contributed by atoms with Gasteiger partial charge < -0.3 is 5.32 Å². The monoisotopic (exact) mass is 356 g/mol. The molecule has 1 fully saturated rings. The molecule has 138 valence electrons. The number of likely N-dealkylation sites (tertiary alicyclic amines) is 1. The van der Waals surface area contributed by atoms with Gasteiger partial charge in [0, 0.05) is 12.6 Å². The zero-order valence-corrected chi connectivity index (χ0v) is 15.8. The van der Waals surface area contributed by atoms with Crippen LogP contribution in [0.15, 0.2) is 91.0 Å². The Balaban J connectivity index is 1.40. The van der Waals surface area contributed by atoms with E-state index >= 15 is 0 Å². The second-order valence-electron chi connectivity index (χ2n) is 7.46. The van der Waals surface area contributed by atoms with E-state index in [0.29, 0.717) is 6.04 Å². The lowest BCUT2D eigenvalue weighted by molar-refractivity contribution is 0.187. The molecule has 1 aliphatic rings.